The Morgan fingerprint density at radius 1 is 0.865 bits per heavy atom. The summed E-state index contributed by atoms with van der Waals surface area (Å²) in [5, 5.41) is 0. The molecule has 0 bridgehead atoms. The average Bonchev–Trinajstić information content (AvgIpc) is 3.35. The van der Waals surface area contributed by atoms with E-state index in [1.165, 1.54) is 21.1 Å². The summed E-state index contributed by atoms with van der Waals surface area (Å²) >= 11 is 0. The van der Waals surface area contributed by atoms with Crippen molar-refractivity contribution in [1.82, 2.24) is 14.1 Å². The molecule has 37 heavy (non-hydrogen) atoms. The van der Waals surface area contributed by atoms with Gasteiger partial charge in [-0.25, -0.2) is 8.42 Å². The highest BCUT2D eigenvalue weighted by Gasteiger charge is 2.43. The molecule has 2 fully saturated rings. The number of rotatable bonds is 6. The van der Waals surface area contributed by atoms with Crippen molar-refractivity contribution in [2.45, 2.75) is 31.3 Å². The van der Waals surface area contributed by atoms with E-state index in [0.29, 0.717) is 19.6 Å². The maximum Gasteiger partial charge on any atom is 0.244 e. The van der Waals surface area contributed by atoms with Crippen molar-refractivity contribution < 1.29 is 13.2 Å². The van der Waals surface area contributed by atoms with E-state index in [9.17, 15) is 13.2 Å². The normalized spacial score (nSPS) is 19.4. The van der Waals surface area contributed by atoms with E-state index in [0.717, 1.165) is 18.7 Å². The van der Waals surface area contributed by atoms with Gasteiger partial charge in [-0.2, -0.15) is 4.31 Å². The minimum atomic E-state index is -3.70. The maximum atomic E-state index is 13.8. The van der Waals surface area contributed by atoms with Crippen LogP contribution in [0.15, 0.2) is 83.8 Å². The molecule has 194 valence electrons. The van der Waals surface area contributed by atoms with Crippen molar-refractivity contribution in [2.75, 3.05) is 44.3 Å². The van der Waals surface area contributed by atoms with Crippen LogP contribution in [0.3, 0.4) is 0 Å². The van der Waals surface area contributed by atoms with E-state index in [2.05, 4.69) is 36.9 Å². The van der Waals surface area contributed by atoms with Gasteiger partial charge in [-0.3, -0.25) is 9.69 Å². The van der Waals surface area contributed by atoms with E-state index in [1.807, 2.05) is 40.1 Å². The molecule has 3 aromatic carbocycles. The second-order valence-electron chi connectivity index (χ2n) is 9.94. The van der Waals surface area contributed by atoms with Gasteiger partial charge < -0.3 is 9.80 Å². The highest BCUT2D eigenvalue weighted by molar-refractivity contribution is 7.89. The summed E-state index contributed by atoms with van der Waals surface area (Å²) in [7, 11) is -3.70. The Morgan fingerprint density at radius 3 is 2.19 bits per heavy atom. The van der Waals surface area contributed by atoms with Gasteiger partial charge >= 0.3 is 0 Å². The first-order valence-electron chi connectivity index (χ1n) is 12.8. The van der Waals surface area contributed by atoms with Gasteiger partial charge in [0.1, 0.15) is 6.04 Å². The van der Waals surface area contributed by atoms with Gasteiger partial charge in [0.05, 0.1) is 11.6 Å². The quantitative estimate of drug-likeness (QED) is 0.500. The number of nitrogens with zero attached hydrogens (tertiary/aromatic N) is 4. The number of anilines is 1. The molecule has 0 saturated carbocycles. The van der Waals surface area contributed by atoms with Crippen LogP contribution in [-0.4, -0.2) is 73.9 Å². The minimum absolute atomic E-state index is 0.00214. The number of benzene rings is 3. The standard InChI is InChI=1S/C29H34N4O3S/c1-23-13-14-24(2)27(19-23)30-15-17-31(18-16-30)29(34)28-21-33(37(35,36)26-11-7-4-8-12-26)22-32(28)20-25-9-5-3-6-10-25/h3-14,19,28H,15-18,20-22H2,1-2H3. The van der Waals surface area contributed by atoms with E-state index >= 15 is 0 Å². The summed E-state index contributed by atoms with van der Waals surface area (Å²) in [5.41, 5.74) is 4.73. The second-order valence-corrected chi connectivity index (χ2v) is 11.9. The SMILES string of the molecule is Cc1ccc(C)c(N2CCN(C(=O)C3CN(S(=O)(=O)c4ccccc4)CN3Cc3ccccc3)CC2)c1. The molecule has 1 amide bonds. The highest BCUT2D eigenvalue weighted by atomic mass is 32.2. The molecule has 5 rings (SSSR count). The van der Waals surface area contributed by atoms with Crippen molar-refractivity contribution in [3.05, 3.63) is 95.6 Å². The number of sulfonamides is 1. The summed E-state index contributed by atoms with van der Waals surface area (Å²) in [6.07, 6.45) is 0. The van der Waals surface area contributed by atoms with Crippen LogP contribution in [0.2, 0.25) is 0 Å². The largest absolute Gasteiger partial charge is 0.368 e. The third-order valence-electron chi connectivity index (χ3n) is 7.35. The zero-order chi connectivity index (χ0) is 26.0. The Hall–Kier alpha value is -3.20. The number of hydrogen-bond donors (Lipinski definition) is 0. The summed E-state index contributed by atoms with van der Waals surface area (Å²) in [6.45, 7) is 7.82. The Kier molecular flexibility index (Phi) is 7.33. The van der Waals surface area contributed by atoms with E-state index in [1.54, 1.807) is 30.3 Å². The lowest BCUT2D eigenvalue weighted by Crippen LogP contribution is -2.54. The van der Waals surface area contributed by atoms with Gasteiger partial charge in [-0.05, 0) is 48.7 Å². The number of piperazine rings is 1. The van der Waals surface area contributed by atoms with Crippen molar-refractivity contribution >= 4 is 21.6 Å². The van der Waals surface area contributed by atoms with Crippen LogP contribution in [0.4, 0.5) is 5.69 Å². The van der Waals surface area contributed by atoms with Crippen LogP contribution in [0, 0.1) is 13.8 Å². The molecule has 0 aromatic heterocycles. The Morgan fingerprint density at radius 2 is 1.51 bits per heavy atom. The Balaban J connectivity index is 1.33. The maximum absolute atomic E-state index is 13.8. The van der Waals surface area contributed by atoms with Gasteiger partial charge in [0.25, 0.3) is 0 Å². The van der Waals surface area contributed by atoms with Crippen LogP contribution in [0.25, 0.3) is 0 Å². The fourth-order valence-corrected chi connectivity index (χ4v) is 6.67. The first kappa shape index (κ1) is 25.4. The van der Waals surface area contributed by atoms with Crippen LogP contribution < -0.4 is 4.90 Å². The van der Waals surface area contributed by atoms with Crippen molar-refractivity contribution in [1.29, 1.82) is 0 Å². The van der Waals surface area contributed by atoms with Crippen molar-refractivity contribution in [3.63, 3.8) is 0 Å². The summed E-state index contributed by atoms with van der Waals surface area (Å²) < 4.78 is 28.3. The van der Waals surface area contributed by atoms with Crippen molar-refractivity contribution in [3.8, 4) is 0 Å². The predicted octanol–water partition coefficient (Wildman–Crippen LogP) is 3.48. The molecule has 2 saturated heterocycles. The number of amides is 1. The lowest BCUT2D eigenvalue weighted by atomic mass is 10.1. The summed E-state index contributed by atoms with van der Waals surface area (Å²) in [5.74, 6) is 0.00214. The zero-order valence-electron chi connectivity index (χ0n) is 21.5. The van der Waals surface area contributed by atoms with Crippen LogP contribution in [-0.2, 0) is 21.4 Å². The molecule has 0 spiro atoms. The van der Waals surface area contributed by atoms with Gasteiger partial charge in [0.2, 0.25) is 15.9 Å². The number of carbonyl (C=O) groups excluding carboxylic acids is 1. The topological polar surface area (TPSA) is 64.2 Å². The molecular weight excluding hydrogens is 484 g/mol. The molecule has 2 aliphatic rings. The van der Waals surface area contributed by atoms with Gasteiger partial charge in [-0.15, -0.1) is 0 Å². The number of hydrogen-bond acceptors (Lipinski definition) is 5. The number of aryl methyl sites for hydroxylation is 2. The molecule has 1 atom stereocenters. The molecule has 0 N–H and O–H groups in total. The lowest BCUT2D eigenvalue weighted by Gasteiger charge is -2.38. The lowest BCUT2D eigenvalue weighted by molar-refractivity contribution is -0.136. The molecule has 2 aliphatic heterocycles. The van der Waals surface area contributed by atoms with Crippen LogP contribution >= 0.6 is 0 Å². The molecule has 3 aromatic rings. The smallest absolute Gasteiger partial charge is 0.244 e. The van der Waals surface area contributed by atoms with Gasteiger partial charge in [0, 0.05) is 45.0 Å². The van der Waals surface area contributed by atoms with E-state index < -0.39 is 16.1 Å². The van der Waals surface area contributed by atoms with Crippen molar-refractivity contribution in [2.24, 2.45) is 0 Å². The fourth-order valence-electron chi connectivity index (χ4n) is 5.23. The minimum Gasteiger partial charge on any atom is -0.368 e. The molecule has 8 heteroatoms. The molecule has 2 heterocycles. The zero-order valence-corrected chi connectivity index (χ0v) is 22.3. The van der Waals surface area contributed by atoms with Crippen LogP contribution in [0.5, 0.6) is 0 Å². The van der Waals surface area contributed by atoms with Crippen LogP contribution in [0.1, 0.15) is 16.7 Å². The summed E-state index contributed by atoms with van der Waals surface area (Å²) in [4.78, 5) is 20.3. The summed E-state index contributed by atoms with van der Waals surface area (Å²) in [6, 6.07) is 24.3. The Labute approximate surface area is 220 Å². The fraction of sp³-hybridized carbons (Fsp3) is 0.345. The monoisotopic (exact) mass is 518 g/mol. The first-order chi connectivity index (χ1) is 17.8. The average molecular weight is 519 g/mol. The second kappa shape index (κ2) is 10.7. The number of carbonyl (C=O) groups is 1. The molecule has 7 nitrogen and oxygen atoms in total. The highest BCUT2D eigenvalue weighted by Crippen LogP contribution is 2.27. The molecular formula is C29H34N4O3S. The Bertz CT molecular complexity index is 1340. The first-order valence-corrected chi connectivity index (χ1v) is 14.2. The molecule has 0 aliphatic carbocycles. The molecule has 1 unspecified atom stereocenters. The molecule has 0 radical (unpaired) electrons. The van der Waals surface area contributed by atoms with Gasteiger partial charge in [-0.1, -0.05) is 60.7 Å². The van der Waals surface area contributed by atoms with Gasteiger partial charge in [0.15, 0.2) is 0 Å². The van der Waals surface area contributed by atoms with E-state index in [-0.39, 0.29) is 24.0 Å². The van der Waals surface area contributed by atoms with E-state index in [4.69, 9.17) is 0 Å². The third-order valence-corrected chi connectivity index (χ3v) is 9.16. The third kappa shape index (κ3) is 5.42. The predicted molar refractivity (Wildman–Crippen MR) is 146 cm³/mol.